The number of nitrogens with zero attached hydrogens (tertiary/aromatic N) is 1. The molecule has 1 heterocycles. The first kappa shape index (κ1) is 15.0. The van der Waals surface area contributed by atoms with Gasteiger partial charge in [0.1, 0.15) is 0 Å². The van der Waals surface area contributed by atoms with E-state index in [4.69, 9.17) is 0 Å². The Morgan fingerprint density at radius 3 is 2.59 bits per heavy atom. The molecule has 1 aliphatic heterocycles. The van der Waals surface area contributed by atoms with Crippen molar-refractivity contribution in [1.82, 2.24) is 4.90 Å². The van der Waals surface area contributed by atoms with Gasteiger partial charge in [0.05, 0.1) is 6.04 Å². The average Bonchev–Trinajstić information content (AvgIpc) is 2.55. The molecule has 1 saturated heterocycles. The fourth-order valence-corrected chi connectivity index (χ4v) is 3.15. The van der Waals surface area contributed by atoms with Crippen LogP contribution in [0.3, 0.4) is 0 Å². The number of piperidine rings is 1. The van der Waals surface area contributed by atoms with Gasteiger partial charge in [-0.2, -0.15) is 0 Å². The third kappa shape index (κ3) is 3.14. The molecule has 0 radical (unpaired) electrons. The second-order valence-electron chi connectivity index (χ2n) is 6.41. The highest BCUT2D eigenvalue weighted by Crippen LogP contribution is 2.24. The van der Waals surface area contributed by atoms with Crippen LogP contribution in [0.15, 0.2) is 42.5 Å². The summed E-state index contributed by atoms with van der Waals surface area (Å²) in [6.07, 6.45) is 2.37. The number of rotatable bonds is 3. The third-order valence-electron chi connectivity index (χ3n) is 4.79. The Labute approximate surface area is 132 Å². The van der Waals surface area contributed by atoms with E-state index in [2.05, 4.69) is 35.3 Å². The molecule has 2 aromatic rings. The van der Waals surface area contributed by atoms with Gasteiger partial charge in [-0.25, -0.2) is 0 Å². The van der Waals surface area contributed by atoms with Crippen LogP contribution in [-0.4, -0.2) is 29.9 Å². The molecule has 2 aromatic carbocycles. The second kappa shape index (κ2) is 6.49. The van der Waals surface area contributed by atoms with Gasteiger partial charge < -0.3 is 5.32 Å². The minimum atomic E-state index is -0.0773. The highest BCUT2D eigenvalue weighted by atomic mass is 16.2. The lowest BCUT2D eigenvalue weighted by Crippen LogP contribution is -2.45. The van der Waals surface area contributed by atoms with Crippen LogP contribution in [-0.2, 0) is 4.79 Å². The van der Waals surface area contributed by atoms with Crippen molar-refractivity contribution in [1.29, 1.82) is 0 Å². The maximum Gasteiger partial charge on any atom is 0.241 e. The van der Waals surface area contributed by atoms with Crippen LogP contribution in [0.5, 0.6) is 0 Å². The van der Waals surface area contributed by atoms with E-state index in [1.54, 1.807) is 0 Å². The van der Waals surface area contributed by atoms with Crippen molar-refractivity contribution >= 4 is 22.4 Å². The largest absolute Gasteiger partial charge is 0.324 e. The zero-order chi connectivity index (χ0) is 15.5. The topological polar surface area (TPSA) is 32.3 Å². The SMILES string of the molecule is CC1CCN(C(C)C(=O)Nc2cccc3ccccc23)CC1. The van der Waals surface area contributed by atoms with Gasteiger partial charge in [0.15, 0.2) is 0 Å². The van der Waals surface area contributed by atoms with Gasteiger partial charge in [-0.1, -0.05) is 43.3 Å². The lowest BCUT2D eigenvalue weighted by molar-refractivity contribution is -0.121. The van der Waals surface area contributed by atoms with E-state index in [1.165, 1.54) is 12.8 Å². The highest BCUT2D eigenvalue weighted by molar-refractivity contribution is 6.03. The predicted molar refractivity (Wildman–Crippen MR) is 92.0 cm³/mol. The Morgan fingerprint density at radius 2 is 1.82 bits per heavy atom. The van der Waals surface area contributed by atoms with Crippen LogP contribution in [0.4, 0.5) is 5.69 Å². The average molecular weight is 296 g/mol. The van der Waals surface area contributed by atoms with Crippen molar-refractivity contribution in [2.45, 2.75) is 32.7 Å². The van der Waals surface area contributed by atoms with Gasteiger partial charge in [0, 0.05) is 11.1 Å². The zero-order valence-corrected chi connectivity index (χ0v) is 13.4. The normalized spacial score (nSPS) is 18.3. The molecule has 0 aromatic heterocycles. The minimum absolute atomic E-state index is 0.0773. The van der Waals surface area contributed by atoms with E-state index in [9.17, 15) is 4.79 Å². The molecule has 1 fully saturated rings. The van der Waals surface area contributed by atoms with Crippen LogP contribution in [0.1, 0.15) is 26.7 Å². The molecule has 1 amide bonds. The van der Waals surface area contributed by atoms with Crippen LogP contribution in [0, 0.1) is 5.92 Å². The van der Waals surface area contributed by atoms with Crippen molar-refractivity contribution in [3.05, 3.63) is 42.5 Å². The molecule has 3 nitrogen and oxygen atoms in total. The van der Waals surface area contributed by atoms with Crippen molar-refractivity contribution in [3.8, 4) is 0 Å². The van der Waals surface area contributed by atoms with Gasteiger partial charge in [-0.3, -0.25) is 9.69 Å². The van der Waals surface area contributed by atoms with Crippen molar-refractivity contribution in [2.24, 2.45) is 5.92 Å². The van der Waals surface area contributed by atoms with Gasteiger partial charge in [0.25, 0.3) is 0 Å². The minimum Gasteiger partial charge on any atom is -0.324 e. The second-order valence-corrected chi connectivity index (χ2v) is 6.41. The lowest BCUT2D eigenvalue weighted by Gasteiger charge is -2.34. The molecule has 1 atom stereocenters. The first-order valence-corrected chi connectivity index (χ1v) is 8.18. The number of anilines is 1. The van der Waals surface area contributed by atoms with Gasteiger partial charge in [-0.15, -0.1) is 0 Å². The van der Waals surface area contributed by atoms with Crippen LogP contribution in [0.2, 0.25) is 0 Å². The summed E-state index contributed by atoms with van der Waals surface area (Å²) in [5, 5.41) is 5.36. The summed E-state index contributed by atoms with van der Waals surface area (Å²) < 4.78 is 0. The van der Waals surface area contributed by atoms with Crippen LogP contribution in [0.25, 0.3) is 10.8 Å². The molecular weight excluding hydrogens is 272 g/mol. The molecule has 1 aliphatic rings. The van der Waals surface area contributed by atoms with E-state index < -0.39 is 0 Å². The zero-order valence-electron chi connectivity index (χ0n) is 13.4. The number of carbonyl (C=O) groups excluding carboxylic acids is 1. The summed E-state index contributed by atoms with van der Waals surface area (Å²) in [7, 11) is 0. The van der Waals surface area contributed by atoms with E-state index in [0.29, 0.717) is 0 Å². The van der Waals surface area contributed by atoms with Crippen molar-refractivity contribution in [3.63, 3.8) is 0 Å². The van der Waals surface area contributed by atoms with Gasteiger partial charge in [0.2, 0.25) is 5.91 Å². The molecule has 0 spiro atoms. The van der Waals surface area contributed by atoms with Crippen LogP contribution >= 0.6 is 0 Å². The first-order valence-electron chi connectivity index (χ1n) is 8.18. The molecule has 116 valence electrons. The Morgan fingerprint density at radius 1 is 1.14 bits per heavy atom. The molecule has 0 bridgehead atoms. The van der Waals surface area contributed by atoms with E-state index in [1.807, 2.05) is 31.2 Å². The standard InChI is InChI=1S/C19H24N2O/c1-14-10-12-21(13-11-14)15(2)19(22)20-18-9-5-7-16-6-3-4-8-17(16)18/h3-9,14-15H,10-13H2,1-2H3,(H,20,22). The van der Waals surface area contributed by atoms with Crippen molar-refractivity contribution in [2.75, 3.05) is 18.4 Å². The summed E-state index contributed by atoms with van der Waals surface area (Å²) >= 11 is 0. The summed E-state index contributed by atoms with van der Waals surface area (Å²) in [4.78, 5) is 14.9. The maximum absolute atomic E-state index is 12.6. The monoisotopic (exact) mass is 296 g/mol. The Balaban J connectivity index is 1.73. The van der Waals surface area contributed by atoms with E-state index in [-0.39, 0.29) is 11.9 Å². The molecule has 3 heteroatoms. The molecule has 3 rings (SSSR count). The third-order valence-corrected chi connectivity index (χ3v) is 4.79. The number of nitrogens with one attached hydrogen (secondary N) is 1. The smallest absolute Gasteiger partial charge is 0.241 e. The maximum atomic E-state index is 12.6. The first-order chi connectivity index (χ1) is 10.6. The number of benzene rings is 2. The number of fused-ring (bicyclic) bond motifs is 1. The van der Waals surface area contributed by atoms with Gasteiger partial charge in [-0.05, 0) is 50.2 Å². The number of hydrogen-bond donors (Lipinski definition) is 1. The lowest BCUT2D eigenvalue weighted by atomic mass is 9.98. The van der Waals surface area contributed by atoms with Crippen LogP contribution < -0.4 is 5.32 Å². The Hall–Kier alpha value is -1.87. The molecule has 0 saturated carbocycles. The number of likely N-dealkylation sites (tertiary alicyclic amines) is 1. The number of hydrogen-bond acceptors (Lipinski definition) is 2. The summed E-state index contributed by atoms with van der Waals surface area (Å²) in [6, 6.07) is 14.1. The fraction of sp³-hybridized carbons (Fsp3) is 0.421. The molecule has 22 heavy (non-hydrogen) atoms. The molecule has 1 N–H and O–H groups in total. The Kier molecular flexibility index (Phi) is 4.44. The van der Waals surface area contributed by atoms with E-state index in [0.717, 1.165) is 35.5 Å². The highest BCUT2D eigenvalue weighted by Gasteiger charge is 2.25. The fourth-order valence-electron chi connectivity index (χ4n) is 3.15. The van der Waals surface area contributed by atoms with E-state index >= 15 is 0 Å². The molecule has 1 unspecified atom stereocenters. The Bertz CT molecular complexity index is 654. The predicted octanol–water partition coefficient (Wildman–Crippen LogP) is 3.90. The molecular formula is C19H24N2O. The quantitative estimate of drug-likeness (QED) is 0.931. The number of carbonyl (C=O) groups is 1. The van der Waals surface area contributed by atoms with Crippen molar-refractivity contribution < 1.29 is 4.79 Å². The summed E-state index contributed by atoms with van der Waals surface area (Å²) in [6.45, 7) is 6.34. The summed E-state index contributed by atoms with van der Waals surface area (Å²) in [5.74, 6) is 0.871. The van der Waals surface area contributed by atoms with Gasteiger partial charge >= 0.3 is 0 Å². The molecule has 0 aliphatic carbocycles. The summed E-state index contributed by atoms with van der Waals surface area (Å²) in [5.41, 5.74) is 0.903. The number of amides is 1.